The number of nitrogens with one attached hydrogen (secondary N) is 8. The molecule has 76 heavy (non-hydrogen) atoms. The first-order valence-corrected chi connectivity index (χ1v) is 23.5. The molecule has 0 aromatic heterocycles. The van der Waals surface area contributed by atoms with Gasteiger partial charge in [-0.25, -0.2) is 4.79 Å². The molecule has 0 saturated heterocycles. The molecule has 32 heteroatoms. The van der Waals surface area contributed by atoms with Crippen molar-refractivity contribution < 1.29 is 72.2 Å². The van der Waals surface area contributed by atoms with Crippen LogP contribution in [0.5, 0.6) is 0 Å². The summed E-state index contributed by atoms with van der Waals surface area (Å²) in [6, 6.07) is -2.77. The zero-order valence-electron chi connectivity index (χ0n) is 41.5. The van der Waals surface area contributed by atoms with Gasteiger partial charge in [-0.3, -0.25) is 67.3 Å². The number of hydrogen-bond donors (Lipinski definition) is 17. The number of primary amides is 5. The van der Waals surface area contributed by atoms with E-state index < -0.39 is 183 Å². The Labute approximate surface area is 434 Å². The molecule has 0 saturated carbocycles. The predicted molar refractivity (Wildman–Crippen MR) is 265 cm³/mol. The number of benzene rings is 1. The number of carbonyl (C=O) groups is 14. The lowest BCUT2D eigenvalue weighted by Gasteiger charge is -2.26. The van der Waals surface area contributed by atoms with Crippen LogP contribution in [0.25, 0.3) is 0 Å². The normalized spacial score (nSPS) is 13.4. The van der Waals surface area contributed by atoms with E-state index in [1.54, 1.807) is 30.3 Å². The van der Waals surface area contributed by atoms with E-state index in [0.717, 1.165) is 0 Å². The van der Waals surface area contributed by atoms with Crippen LogP contribution in [0.2, 0.25) is 0 Å². The summed E-state index contributed by atoms with van der Waals surface area (Å²) >= 11 is 0. The highest BCUT2D eigenvalue weighted by Crippen LogP contribution is 2.09. The fraction of sp³-hybridized carbons (Fsp3) is 0.523. The molecule has 0 unspecified atom stereocenters. The maximum Gasteiger partial charge on any atom is 0.326 e. The lowest BCUT2D eigenvalue weighted by molar-refractivity contribution is -0.142. The average molecular weight is 1080 g/mol. The van der Waals surface area contributed by atoms with Crippen molar-refractivity contribution in [1.29, 1.82) is 0 Å². The molecule has 0 aliphatic carbocycles. The second kappa shape index (κ2) is 34.5. The zero-order valence-corrected chi connectivity index (χ0v) is 41.5. The number of rotatable bonds is 38. The summed E-state index contributed by atoms with van der Waals surface area (Å²) in [7, 11) is 0. The van der Waals surface area contributed by atoms with Crippen molar-refractivity contribution in [1.82, 2.24) is 42.5 Å². The Morgan fingerprint density at radius 3 is 1.17 bits per heavy atom. The van der Waals surface area contributed by atoms with Gasteiger partial charge >= 0.3 is 5.97 Å². The van der Waals surface area contributed by atoms with Gasteiger partial charge in [0, 0.05) is 45.1 Å². The Balaban J connectivity index is 3.39. The summed E-state index contributed by atoms with van der Waals surface area (Å²) in [5, 5.41) is 28.2. The molecule has 0 bridgehead atoms. The molecule has 0 radical (unpaired) electrons. The van der Waals surface area contributed by atoms with Crippen molar-refractivity contribution >= 4 is 88.7 Å². The maximum absolute atomic E-state index is 14.0. The number of carboxylic acids is 1. The van der Waals surface area contributed by atoms with Crippen molar-refractivity contribution in [3.63, 3.8) is 0 Å². The van der Waals surface area contributed by atoms with Gasteiger partial charge in [-0.15, -0.1) is 0 Å². The standard InChI is InChI=1S/C44H69N17O15/c45-23(8-13-30(46)62)37(69)54-20-35(67)56-24(9-14-31(47)63)39(71)58-26(11-16-33(49)65)41(73)59-27(12-17-34(50)66)42(74)61-29(19-22-5-2-1-3-6-22)38(70)55-21-36(68)57-25(10-15-32(48)64)40(72)60-28(43(75)76)7-4-18-53-44(51)52/h1-3,5-6,23-29H,4,7-21,45H2,(H2,46,62)(H2,47,63)(H2,48,64)(H2,49,65)(H2,50,66)(H,54,69)(H,55,70)(H,56,67)(H,57,68)(H,58,71)(H,59,73)(H,60,72)(H,61,74)(H,75,76)(H4,51,52,53)/t23-,24-,25-,26-,27-,28-,29-/m0/s1. The number of amides is 13. The summed E-state index contributed by atoms with van der Waals surface area (Å²) < 4.78 is 0. The van der Waals surface area contributed by atoms with Gasteiger partial charge in [-0.1, -0.05) is 30.3 Å². The Bertz CT molecular complexity index is 2280. The van der Waals surface area contributed by atoms with E-state index in [2.05, 4.69) is 47.5 Å². The second-order valence-electron chi connectivity index (χ2n) is 17.0. The lowest BCUT2D eigenvalue weighted by atomic mass is 10.0. The Kier molecular flexibility index (Phi) is 29.5. The van der Waals surface area contributed by atoms with Crippen molar-refractivity contribution in [2.75, 3.05) is 19.6 Å². The predicted octanol–water partition coefficient (Wildman–Crippen LogP) is -8.84. The summed E-state index contributed by atoms with van der Waals surface area (Å²) in [5.74, 6) is -14.3. The molecule has 0 spiro atoms. The van der Waals surface area contributed by atoms with E-state index >= 15 is 0 Å². The third-order valence-electron chi connectivity index (χ3n) is 10.6. The summed E-state index contributed by atoms with van der Waals surface area (Å²) in [5.41, 5.74) is 43.0. The van der Waals surface area contributed by atoms with Crippen molar-refractivity contribution in [2.24, 2.45) is 50.9 Å². The molecular weight excluding hydrogens is 1010 g/mol. The van der Waals surface area contributed by atoms with E-state index in [1.165, 1.54) is 0 Å². The van der Waals surface area contributed by atoms with E-state index in [-0.39, 0.29) is 51.0 Å². The van der Waals surface area contributed by atoms with Gasteiger partial charge in [0.2, 0.25) is 76.8 Å². The fourth-order valence-electron chi connectivity index (χ4n) is 6.64. The molecule has 1 rings (SSSR count). The average Bonchev–Trinajstić information content (AvgIpc) is 3.34. The van der Waals surface area contributed by atoms with E-state index in [1.807, 2.05) is 0 Å². The third kappa shape index (κ3) is 28.3. The zero-order chi connectivity index (χ0) is 57.5. The van der Waals surface area contributed by atoms with Crippen molar-refractivity contribution in [3.8, 4) is 0 Å². The number of hydrogen-bond acceptors (Lipinski definition) is 16. The smallest absolute Gasteiger partial charge is 0.326 e. The lowest BCUT2D eigenvalue weighted by Crippen LogP contribution is -2.59. The summed E-state index contributed by atoms with van der Waals surface area (Å²) in [4.78, 5) is 181. The van der Waals surface area contributed by atoms with Crippen LogP contribution in [0.3, 0.4) is 0 Å². The van der Waals surface area contributed by atoms with Gasteiger partial charge in [0.15, 0.2) is 5.96 Å². The number of carboxylic acid groups (broad SMARTS) is 1. The second-order valence-corrected chi connectivity index (χ2v) is 17.0. The first kappa shape index (κ1) is 65.0. The van der Waals surface area contributed by atoms with Crippen LogP contribution in [0.1, 0.15) is 82.6 Å². The fourth-order valence-corrected chi connectivity index (χ4v) is 6.64. The Hall–Kier alpha value is -8.97. The molecule has 0 heterocycles. The highest BCUT2D eigenvalue weighted by molar-refractivity contribution is 5.98. The van der Waals surface area contributed by atoms with Crippen LogP contribution in [0.4, 0.5) is 0 Å². The van der Waals surface area contributed by atoms with Crippen LogP contribution in [-0.4, -0.2) is 156 Å². The van der Waals surface area contributed by atoms with Crippen LogP contribution >= 0.6 is 0 Å². The minimum Gasteiger partial charge on any atom is -0.480 e. The number of nitrogens with two attached hydrogens (primary N) is 8. The monoisotopic (exact) mass is 1080 g/mol. The minimum absolute atomic E-state index is 0.0376. The quantitative estimate of drug-likeness (QED) is 0.0166. The SMILES string of the molecule is NC(=O)CC[C@H](NC(=O)CNC(=O)[C@H](Cc1ccccc1)NC(=O)[C@H](CCC(N)=O)NC(=O)[C@H](CCC(N)=O)NC(=O)[C@H](CCC(N)=O)NC(=O)CNC(=O)[C@@H](N)CCC(N)=O)C(=O)N[C@@H](CCCN=C(N)N)C(=O)O. The Morgan fingerprint density at radius 2 is 0.789 bits per heavy atom. The molecule has 0 aliphatic heterocycles. The van der Waals surface area contributed by atoms with E-state index in [4.69, 9.17) is 45.9 Å². The molecule has 0 fully saturated rings. The van der Waals surface area contributed by atoms with Gasteiger partial charge in [0.1, 0.15) is 36.3 Å². The molecule has 32 nitrogen and oxygen atoms in total. The molecule has 0 aliphatic rings. The first-order chi connectivity index (χ1) is 35.7. The highest BCUT2D eigenvalue weighted by atomic mass is 16.4. The summed E-state index contributed by atoms with van der Waals surface area (Å²) in [6.07, 6.45) is -4.45. The highest BCUT2D eigenvalue weighted by Gasteiger charge is 2.33. The topological polar surface area (TPSA) is 576 Å². The van der Waals surface area contributed by atoms with Crippen molar-refractivity contribution in [3.05, 3.63) is 35.9 Å². The minimum atomic E-state index is -1.72. The van der Waals surface area contributed by atoms with Crippen LogP contribution < -0.4 is 88.4 Å². The van der Waals surface area contributed by atoms with E-state index in [9.17, 15) is 72.2 Å². The van der Waals surface area contributed by atoms with Crippen LogP contribution in [-0.2, 0) is 73.5 Å². The van der Waals surface area contributed by atoms with Gasteiger partial charge in [-0.05, 0) is 50.5 Å². The molecule has 25 N–H and O–H groups in total. The number of guanidine groups is 1. The van der Waals surface area contributed by atoms with Crippen molar-refractivity contribution in [2.45, 2.75) is 126 Å². The van der Waals surface area contributed by atoms with Crippen LogP contribution in [0.15, 0.2) is 35.3 Å². The van der Waals surface area contributed by atoms with Gasteiger partial charge in [-0.2, -0.15) is 0 Å². The van der Waals surface area contributed by atoms with Crippen LogP contribution in [0, 0.1) is 0 Å². The van der Waals surface area contributed by atoms with Gasteiger partial charge in [0.25, 0.3) is 0 Å². The molecule has 1 aromatic carbocycles. The van der Waals surface area contributed by atoms with Gasteiger partial charge < -0.3 is 93.5 Å². The molecule has 1 aromatic rings. The Morgan fingerprint density at radius 1 is 0.434 bits per heavy atom. The van der Waals surface area contributed by atoms with E-state index in [0.29, 0.717) is 5.56 Å². The number of aliphatic carboxylic acids is 1. The third-order valence-corrected chi connectivity index (χ3v) is 10.6. The number of aliphatic imine (C=N–C) groups is 1. The molecular formula is C44H69N17O15. The molecule has 7 atom stereocenters. The number of nitrogens with zero attached hydrogens (tertiary/aromatic N) is 1. The molecule has 420 valence electrons. The maximum atomic E-state index is 14.0. The molecule has 13 amide bonds. The summed E-state index contributed by atoms with van der Waals surface area (Å²) in [6.45, 7) is -1.57. The number of carbonyl (C=O) groups excluding carboxylic acids is 13. The largest absolute Gasteiger partial charge is 0.480 e. The van der Waals surface area contributed by atoms with Gasteiger partial charge in [0.05, 0.1) is 19.1 Å². The first-order valence-electron chi connectivity index (χ1n) is 23.5.